The van der Waals surface area contributed by atoms with E-state index in [0.29, 0.717) is 46.1 Å². The highest BCUT2D eigenvalue weighted by Crippen LogP contribution is 2.37. The van der Waals surface area contributed by atoms with Crippen LogP contribution in [0.2, 0.25) is 0 Å². The number of aromatic nitrogens is 2. The number of allylic oxidation sites excluding steroid dienone is 1. The number of para-hydroxylation sites is 2. The fourth-order valence-electron chi connectivity index (χ4n) is 5.71. The number of pyridine rings is 1. The molecule has 0 saturated heterocycles. The van der Waals surface area contributed by atoms with Crippen molar-refractivity contribution >= 4 is 50.9 Å². The Balaban J connectivity index is 1.40. The van der Waals surface area contributed by atoms with Gasteiger partial charge in [0.25, 0.3) is 5.69 Å². The number of hydrogen-bond donors (Lipinski definition) is 1. The van der Waals surface area contributed by atoms with Gasteiger partial charge in [-0.05, 0) is 68.0 Å². The average Bonchev–Trinajstić information content (AvgIpc) is 3.31. The maximum absolute atomic E-state index is 13.8. The van der Waals surface area contributed by atoms with E-state index in [1.54, 1.807) is 13.0 Å². The Morgan fingerprint density at radius 3 is 2.56 bits per heavy atom. The topological polar surface area (TPSA) is 115 Å². The summed E-state index contributed by atoms with van der Waals surface area (Å²) in [4.78, 5) is 46.4. The van der Waals surface area contributed by atoms with Crippen molar-refractivity contribution in [1.29, 1.82) is 0 Å². The number of esters is 1. The van der Waals surface area contributed by atoms with Crippen LogP contribution in [0.4, 0.5) is 5.69 Å². The largest absolute Gasteiger partial charge is 0.451 e. The lowest BCUT2D eigenvalue weighted by Gasteiger charge is -2.23. The highest BCUT2D eigenvalue weighted by molar-refractivity contribution is 6.13. The molecule has 3 aromatic carbocycles. The molecule has 1 aliphatic carbocycles. The first-order chi connectivity index (χ1) is 19.8. The number of hydrogen-bond acceptors (Lipinski definition) is 6. The number of aromatic amines is 1. The Morgan fingerprint density at radius 2 is 1.76 bits per heavy atom. The highest BCUT2D eigenvalue weighted by atomic mass is 16.6. The van der Waals surface area contributed by atoms with Crippen molar-refractivity contribution in [2.45, 2.75) is 39.2 Å². The van der Waals surface area contributed by atoms with Crippen molar-refractivity contribution in [3.8, 4) is 0 Å². The molecule has 1 N–H and O–H groups in total. The Kier molecular flexibility index (Phi) is 6.67. The number of fused-ring (bicyclic) bond motifs is 3. The minimum atomic E-state index is -1.01. The fraction of sp³-hybridized carbons (Fsp3) is 0.182. The number of non-ortho nitro benzene ring substituents is 1. The van der Waals surface area contributed by atoms with Gasteiger partial charge in [0.05, 0.1) is 21.7 Å². The van der Waals surface area contributed by atoms with Gasteiger partial charge in [0.15, 0.2) is 6.10 Å². The van der Waals surface area contributed by atoms with E-state index in [1.165, 1.54) is 12.1 Å². The molecule has 41 heavy (non-hydrogen) atoms. The predicted molar refractivity (Wildman–Crippen MR) is 158 cm³/mol. The van der Waals surface area contributed by atoms with Crippen LogP contribution in [0.25, 0.3) is 33.5 Å². The number of Topliss-reactive ketones (excluding diaryl/α,β-unsaturated/α-hetero) is 1. The molecule has 0 fully saturated rings. The third-order valence-electron chi connectivity index (χ3n) is 7.59. The lowest BCUT2D eigenvalue weighted by atomic mass is 9.86. The molecule has 0 aliphatic heterocycles. The minimum Gasteiger partial charge on any atom is -0.451 e. The van der Waals surface area contributed by atoms with Crippen LogP contribution in [0, 0.1) is 17.0 Å². The summed E-state index contributed by atoms with van der Waals surface area (Å²) >= 11 is 0. The minimum absolute atomic E-state index is 0.00946. The molecule has 0 saturated carbocycles. The first-order valence-corrected chi connectivity index (χ1v) is 13.5. The van der Waals surface area contributed by atoms with E-state index >= 15 is 0 Å². The van der Waals surface area contributed by atoms with E-state index < -0.39 is 17.0 Å². The van der Waals surface area contributed by atoms with Gasteiger partial charge >= 0.3 is 5.97 Å². The Hall–Kier alpha value is -5.11. The molecule has 8 nitrogen and oxygen atoms in total. The zero-order chi connectivity index (χ0) is 28.7. The number of rotatable bonds is 6. The van der Waals surface area contributed by atoms with Crippen LogP contribution in [0.5, 0.6) is 0 Å². The molecule has 0 bridgehead atoms. The van der Waals surface area contributed by atoms with Gasteiger partial charge in [-0.15, -0.1) is 0 Å². The van der Waals surface area contributed by atoms with Crippen molar-refractivity contribution in [2.24, 2.45) is 0 Å². The summed E-state index contributed by atoms with van der Waals surface area (Å²) in [5.41, 5.74) is 6.17. The number of H-pyrrole nitrogens is 1. The molecule has 5 aromatic rings. The van der Waals surface area contributed by atoms with E-state index in [4.69, 9.17) is 9.72 Å². The molecule has 0 amide bonds. The number of nitro benzene ring substituents is 1. The van der Waals surface area contributed by atoms with Gasteiger partial charge in [-0.1, -0.05) is 48.5 Å². The second kappa shape index (κ2) is 10.5. The molecule has 1 atom stereocenters. The number of ether oxygens (including phenoxy) is 1. The molecule has 2 heterocycles. The zero-order valence-electron chi connectivity index (χ0n) is 22.6. The van der Waals surface area contributed by atoms with Crippen LogP contribution in [0.15, 0.2) is 72.8 Å². The van der Waals surface area contributed by atoms with Crippen LogP contribution in [0.3, 0.4) is 0 Å². The second-order valence-electron chi connectivity index (χ2n) is 10.3. The van der Waals surface area contributed by atoms with Gasteiger partial charge in [0.2, 0.25) is 5.78 Å². The van der Waals surface area contributed by atoms with Gasteiger partial charge in [0.1, 0.15) is 0 Å². The molecular weight excluding hydrogens is 518 g/mol. The number of nitrogens with zero attached hydrogens (tertiary/aromatic N) is 2. The van der Waals surface area contributed by atoms with Crippen molar-refractivity contribution in [3.63, 3.8) is 0 Å². The summed E-state index contributed by atoms with van der Waals surface area (Å²) in [5.74, 6) is -0.846. The van der Waals surface area contributed by atoms with Crippen molar-refractivity contribution in [2.75, 3.05) is 0 Å². The quantitative estimate of drug-likeness (QED) is 0.104. The third kappa shape index (κ3) is 4.78. The van der Waals surface area contributed by atoms with Crippen molar-refractivity contribution in [1.82, 2.24) is 9.97 Å². The van der Waals surface area contributed by atoms with Gasteiger partial charge in [-0.25, -0.2) is 9.78 Å². The molecule has 6 rings (SSSR count). The maximum Gasteiger partial charge on any atom is 0.339 e. The molecular formula is C33H27N3O5. The Bertz CT molecular complexity index is 1900. The molecule has 8 heteroatoms. The number of nitrogens with one attached hydrogen (secondary N) is 1. The number of ketones is 1. The van der Waals surface area contributed by atoms with E-state index in [1.807, 2.05) is 67.6 Å². The standard InChI is InChI=1S/C33H27N3O5/c1-19-29(24-12-3-5-15-27(24)34-19)32(37)20(2)41-33(38)30-25-13-4-6-16-28(25)35-31-22(10-8-14-26(30)31)17-21-9-7-11-23(18-21)36(39)40/h3-7,9,11-13,15-18,20,34H,8,10,14H2,1-2H3/b22-17-. The maximum atomic E-state index is 13.8. The zero-order valence-corrected chi connectivity index (χ0v) is 22.6. The lowest BCUT2D eigenvalue weighted by Crippen LogP contribution is -2.26. The summed E-state index contributed by atoms with van der Waals surface area (Å²) < 4.78 is 5.87. The summed E-state index contributed by atoms with van der Waals surface area (Å²) in [7, 11) is 0. The SMILES string of the molecule is Cc1[nH]c2ccccc2c1C(=O)C(C)OC(=O)c1c2c(nc3ccccc13)/C(=C\c1cccc([N+](=O)[O-])c1)CCC2. The van der Waals surface area contributed by atoms with Crippen LogP contribution < -0.4 is 0 Å². The molecule has 0 spiro atoms. The normalized spacial score (nSPS) is 14.6. The van der Waals surface area contributed by atoms with E-state index in [9.17, 15) is 19.7 Å². The molecule has 0 radical (unpaired) electrons. The van der Waals surface area contributed by atoms with E-state index in [-0.39, 0.29) is 11.5 Å². The first kappa shape index (κ1) is 26.1. The number of carbonyl (C=O) groups is 2. The first-order valence-electron chi connectivity index (χ1n) is 13.5. The van der Waals surface area contributed by atoms with Crippen LogP contribution in [-0.4, -0.2) is 32.7 Å². The van der Waals surface area contributed by atoms with E-state index in [0.717, 1.165) is 34.2 Å². The van der Waals surface area contributed by atoms with Crippen molar-refractivity contribution < 1.29 is 19.2 Å². The molecule has 1 unspecified atom stereocenters. The fourth-order valence-corrected chi connectivity index (χ4v) is 5.71. The van der Waals surface area contributed by atoms with E-state index in [2.05, 4.69) is 4.98 Å². The summed E-state index contributed by atoms with van der Waals surface area (Å²) in [6, 6.07) is 21.4. The predicted octanol–water partition coefficient (Wildman–Crippen LogP) is 7.24. The van der Waals surface area contributed by atoms with Gasteiger partial charge in [-0.2, -0.15) is 0 Å². The number of nitro groups is 1. The monoisotopic (exact) mass is 545 g/mol. The van der Waals surface area contributed by atoms with Crippen LogP contribution in [-0.2, 0) is 11.2 Å². The third-order valence-corrected chi connectivity index (χ3v) is 7.59. The molecule has 204 valence electrons. The average molecular weight is 546 g/mol. The summed E-state index contributed by atoms with van der Waals surface area (Å²) in [5, 5.41) is 12.8. The number of aryl methyl sites for hydroxylation is 1. The van der Waals surface area contributed by atoms with Crippen LogP contribution in [0.1, 0.15) is 63.0 Å². The smallest absolute Gasteiger partial charge is 0.339 e. The van der Waals surface area contributed by atoms with Gasteiger partial charge in [0, 0.05) is 39.7 Å². The Labute approximate surface area is 235 Å². The molecule has 1 aliphatic rings. The van der Waals surface area contributed by atoms with Gasteiger partial charge in [-0.3, -0.25) is 14.9 Å². The number of carbonyl (C=O) groups excluding carboxylic acids is 2. The van der Waals surface area contributed by atoms with Crippen LogP contribution >= 0.6 is 0 Å². The molecule has 2 aromatic heterocycles. The van der Waals surface area contributed by atoms with Crippen molar-refractivity contribution in [3.05, 3.63) is 117 Å². The number of benzene rings is 3. The Morgan fingerprint density at radius 1 is 1.00 bits per heavy atom. The summed E-state index contributed by atoms with van der Waals surface area (Å²) in [6.07, 6.45) is 2.99. The lowest BCUT2D eigenvalue weighted by molar-refractivity contribution is -0.384. The van der Waals surface area contributed by atoms with Gasteiger partial charge < -0.3 is 9.72 Å². The summed E-state index contributed by atoms with van der Waals surface area (Å²) in [6.45, 7) is 3.44. The highest BCUT2D eigenvalue weighted by Gasteiger charge is 2.30. The second-order valence-corrected chi connectivity index (χ2v) is 10.3.